The lowest BCUT2D eigenvalue weighted by atomic mass is 10.0. The molecule has 0 saturated carbocycles. The highest BCUT2D eigenvalue weighted by atomic mass is 32.1. The van der Waals surface area contributed by atoms with Crippen molar-refractivity contribution in [2.75, 3.05) is 0 Å². The zero-order valence-corrected chi connectivity index (χ0v) is 15.1. The minimum Gasteiger partial charge on any atom is -0.508 e. The Bertz CT molecular complexity index is 903. The van der Waals surface area contributed by atoms with E-state index in [0.717, 1.165) is 29.0 Å². The first-order valence-electron chi connectivity index (χ1n) is 8.09. The molecule has 0 fully saturated rings. The number of nitrogens with zero attached hydrogens (tertiary/aromatic N) is 2. The van der Waals surface area contributed by atoms with E-state index in [-0.39, 0.29) is 11.7 Å². The Labute approximate surface area is 152 Å². The number of thiocarbonyl (C=S) groups is 1. The fourth-order valence-electron chi connectivity index (χ4n) is 2.68. The van der Waals surface area contributed by atoms with Gasteiger partial charge in [-0.15, -0.1) is 0 Å². The van der Waals surface area contributed by atoms with Crippen molar-refractivity contribution in [2.24, 2.45) is 18.7 Å². The van der Waals surface area contributed by atoms with Gasteiger partial charge in [0.25, 0.3) is 0 Å². The van der Waals surface area contributed by atoms with Crippen molar-refractivity contribution in [2.45, 2.75) is 20.0 Å². The summed E-state index contributed by atoms with van der Waals surface area (Å²) < 4.78 is 7.77. The summed E-state index contributed by atoms with van der Waals surface area (Å²) in [6, 6.07) is 13.1. The quantitative estimate of drug-likeness (QED) is 0.664. The summed E-state index contributed by atoms with van der Waals surface area (Å²) in [5.41, 5.74) is 8.55. The molecule has 6 heteroatoms. The fourth-order valence-corrected chi connectivity index (χ4v) is 2.76. The van der Waals surface area contributed by atoms with Crippen LogP contribution in [-0.4, -0.2) is 19.6 Å². The van der Waals surface area contributed by atoms with Crippen LogP contribution in [0.3, 0.4) is 0 Å². The SMILES string of the molecule is CC(Cc1ccc(OCc2nc3ccc(O)cc3n2C)cc1)C(N)=S. The predicted molar refractivity (Wildman–Crippen MR) is 103 cm³/mol. The number of imidazole rings is 1. The summed E-state index contributed by atoms with van der Waals surface area (Å²) >= 11 is 5.01. The molecule has 1 unspecified atom stereocenters. The monoisotopic (exact) mass is 355 g/mol. The average Bonchev–Trinajstić information content (AvgIpc) is 2.90. The van der Waals surface area contributed by atoms with Crippen LogP contribution in [0, 0.1) is 5.92 Å². The summed E-state index contributed by atoms with van der Waals surface area (Å²) in [7, 11) is 1.91. The normalized spacial score (nSPS) is 12.2. The Morgan fingerprint density at radius 2 is 2.00 bits per heavy atom. The second-order valence-electron chi connectivity index (χ2n) is 6.20. The number of hydrogen-bond acceptors (Lipinski definition) is 4. The molecule has 2 aromatic carbocycles. The van der Waals surface area contributed by atoms with E-state index in [1.165, 1.54) is 5.56 Å². The number of hydrogen-bond donors (Lipinski definition) is 2. The number of aromatic hydroxyl groups is 1. The van der Waals surface area contributed by atoms with Gasteiger partial charge in [0, 0.05) is 19.0 Å². The largest absolute Gasteiger partial charge is 0.508 e. The van der Waals surface area contributed by atoms with Gasteiger partial charge in [0.15, 0.2) is 0 Å². The molecule has 0 aliphatic carbocycles. The van der Waals surface area contributed by atoms with E-state index >= 15 is 0 Å². The Morgan fingerprint density at radius 1 is 1.28 bits per heavy atom. The van der Waals surface area contributed by atoms with Gasteiger partial charge in [-0.2, -0.15) is 0 Å². The summed E-state index contributed by atoms with van der Waals surface area (Å²) in [5, 5.41) is 9.61. The van der Waals surface area contributed by atoms with Gasteiger partial charge in [0.05, 0.1) is 16.0 Å². The number of rotatable bonds is 6. The van der Waals surface area contributed by atoms with Gasteiger partial charge in [0.2, 0.25) is 0 Å². The van der Waals surface area contributed by atoms with E-state index in [1.54, 1.807) is 18.2 Å². The van der Waals surface area contributed by atoms with Crippen LogP contribution >= 0.6 is 12.2 Å². The highest BCUT2D eigenvalue weighted by molar-refractivity contribution is 7.80. The first kappa shape index (κ1) is 17.2. The van der Waals surface area contributed by atoms with Crippen molar-refractivity contribution >= 4 is 28.2 Å². The van der Waals surface area contributed by atoms with Crippen LogP contribution in [0.25, 0.3) is 11.0 Å². The molecule has 0 aliphatic heterocycles. The lowest BCUT2D eigenvalue weighted by Gasteiger charge is -2.10. The van der Waals surface area contributed by atoms with Crippen LogP contribution in [-0.2, 0) is 20.1 Å². The number of phenols is 1. The Kier molecular flexibility index (Phi) is 4.90. The molecule has 1 atom stereocenters. The molecule has 0 saturated heterocycles. The van der Waals surface area contributed by atoms with Gasteiger partial charge in [-0.05, 0) is 36.2 Å². The highest BCUT2D eigenvalue weighted by Gasteiger charge is 2.10. The minimum atomic E-state index is 0.179. The zero-order chi connectivity index (χ0) is 18.0. The first-order chi connectivity index (χ1) is 11.9. The van der Waals surface area contributed by atoms with Crippen LogP contribution in [0.4, 0.5) is 0 Å². The van der Waals surface area contributed by atoms with E-state index < -0.39 is 0 Å². The van der Waals surface area contributed by atoms with Crippen molar-refractivity contribution in [3.63, 3.8) is 0 Å². The van der Waals surface area contributed by atoms with E-state index in [2.05, 4.69) is 4.98 Å². The Balaban J connectivity index is 1.67. The van der Waals surface area contributed by atoms with Gasteiger partial charge in [-0.3, -0.25) is 0 Å². The van der Waals surface area contributed by atoms with Gasteiger partial charge >= 0.3 is 0 Å². The van der Waals surface area contributed by atoms with Crippen molar-refractivity contribution < 1.29 is 9.84 Å². The molecule has 5 nitrogen and oxygen atoms in total. The number of ether oxygens (including phenoxy) is 1. The van der Waals surface area contributed by atoms with Crippen molar-refractivity contribution in [3.8, 4) is 11.5 Å². The number of aromatic nitrogens is 2. The van der Waals surface area contributed by atoms with Crippen molar-refractivity contribution in [1.29, 1.82) is 0 Å². The smallest absolute Gasteiger partial charge is 0.147 e. The van der Waals surface area contributed by atoms with Gasteiger partial charge in [0.1, 0.15) is 23.9 Å². The summed E-state index contributed by atoms with van der Waals surface area (Å²) in [6.07, 6.45) is 0.823. The Hall–Kier alpha value is -2.60. The second-order valence-corrected chi connectivity index (χ2v) is 6.67. The standard InChI is InChI=1S/C19H21N3O2S/c1-12(19(20)25)9-13-3-6-15(7-4-13)24-11-18-21-16-8-5-14(23)10-17(16)22(18)2/h3-8,10,12,23H,9,11H2,1-2H3,(H2,20,25). The molecule has 0 aliphatic rings. The van der Waals surface area contributed by atoms with Gasteiger partial charge in [-0.25, -0.2) is 4.98 Å². The minimum absolute atomic E-state index is 0.179. The number of nitrogens with two attached hydrogens (primary N) is 1. The zero-order valence-electron chi connectivity index (χ0n) is 14.3. The van der Waals surface area contributed by atoms with Gasteiger partial charge in [-0.1, -0.05) is 31.3 Å². The molecule has 3 rings (SSSR count). The average molecular weight is 355 g/mol. The lowest BCUT2D eigenvalue weighted by molar-refractivity contribution is 0.292. The van der Waals surface area contributed by atoms with Gasteiger partial charge < -0.3 is 20.1 Å². The highest BCUT2D eigenvalue weighted by Crippen LogP contribution is 2.21. The molecule has 3 N–H and O–H groups in total. The van der Waals surface area contributed by atoms with Crippen LogP contribution in [0.2, 0.25) is 0 Å². The molecule has 25 heavy (non-hydrogen) atoms. The molecule has 0 bridgehead atoms. The van der Waals surface area contributed by atoms with Crippen LogP contribution in [0.1, 0.15) is 18.3 Å². The van der Waals surface area contributed by atoms with Crippen molar-refractivity contribution in [3.05, 3.63) is 53.9 Å². The van der Waals surface area contributed by atoms with E-state index in [0.29, 0.717) is 11.6 Å². The first-order valence-corrected chi connectivity index (χ1v) is 8.50. The summed E-state index contributed by atoms with van der Waals surface area (Å²) in [5.74, 6) is 1.98. The Morgan fingerprint density at radius 3 is 2.68 bits per heavy atom. The molecule has 3 aromatic rings. The predicted octanol–water partition coefficient (Wildman–Crippen LogP) is 3.32. The molecule has 130 valence electrons. The maximum Gasteiger partial charge on any atom is 0.147 e. The summed E-state index contributed by atoms with van der Waals surface area (Å²) in [6.45, 7) is 2.38. The second kappa shape index (κ2) is 7.11. The van der Waals surface area contributed by atoms with Crippen LogP contribution in [0.5, 0.6) is 11.5 Å². The molecule has 1 heterocycles. The lowest BCUT2D eigenvalue weighted by Crippen LogP contribution is -2.20. The van der Waals surface area contributed by atoms with E-state index in [4.69, 9.17) is 22.7 Å². The third kappa shape index (κ3) is 3.91. The molecule has 1 aromatic heterocycles. The molecule has 0 amide bonds. The van der Waals surface area contributed by atoms with Crippen LogP contribution in [0.15, 0.2) is 42.5 Å². The van der Waals surface area contributed by atoms with E-state index in [1.807, 2.05) is 42.8 Å². The van der Waals surface area contributed by atoms with Crippen molar-refractivity contribution in [1.82, 2.24) is 9.55 Å². The topological polar surface area (TPSA) is 73.3 Å². The van der Waals surface area contributed by atoms with E-state index in [9.17, 15) is 5.11 Å². The molecular weight excluding hydrogens is 334 g/mol. The third-order valence-corrected chi connectivity index (χ3v) is 4.68. The molecule has 0 radical (unpaired) electrons. The number of fused-ring (bicyclic) bond motifs is 1. The molecule has 0 spiro atoms. The number of aryl methyl sites for hydroxylation is 1. The number of phenolic OH excluding ortho intramolecular Hbond substituents is 1. The molecular formula is C19H21N3O2S. The number of benzene rings is 2. The maximum absolute atomic E-state index is 9.61. The fraction of sp³-hybridized carbons (Fsp3) is 0.263. The third-order valence-electron chi connectivity index (χ3n) is 4.28. The summed E-state index contributed by atoms with van der Waals surface area (Å²) in [4.78, 5) is 5.08. The van der Waals surface area contributed by atoms with Crippen LogP contribution < -0.4 is 10.5 Å². The maximum atomic E-state index is 9.61.